The number of ether oxygens (including phenoxy) is 1. The van der Waals surface area contributed by atoms with Crippen LogP contribution in [0.2, 0.25) is 0 Å². The molecule has 0 spiro atoms. The molecule has 110 valence electrons. The smallest absolute Gasteiger partial charge is 0.260 e. The SMILES string of the molecule is NCCOC1CCN(C(=O)c2c(O)cccc2F)CC1. The molecule has 20 heavy (non-hydrogen) atoms. The molecule has 0 saturated carbocycles. The predicted octanol–water partition coefficient (Wildman–Crippen LogP) is 1.11. The summed E-state index contributed by atoms with van der Waals surface area (Å²) < 4.78 is 19.2. The first kappa shape index (κ1) is 14.7. The number of amides is 1. The summed E-state index contributed by atoms with van der Waals surface area (Å²) in [7, 11) is 0. The second-order valence-corrected chi connectivity index (χ2v) is 4.78. The van der Waals surface area contributed by atoms with Crippen molar-refractivity contribution in [3.63, 3.8) is 0 Å². The zero-order chi connectivity index (χ0) is 14.5. The van der Waals surface area contributed by atoms with E-state index in [9.17, 15) is 14.3 Å². The lowest BCUT2D eigenvalue weighted by molar-refractivity contribution is 0.0120. The quantitative estimate of drug-likeness (QED) is 0.867. The van der Waals surface area contributed by atoms with Crippen molar-refractivity contribution in [2.75, 3.05) is 26.2 Å². The van der Waals surface area contributed by atoms with Crippen molar-refractivity contribution in [3.8, 4) is 5.75 Å². The van der Waals surface area contributed by atoms with E-state index in [-0.39, 0.29) is 17.4 Å². The highest BCUT2D eigenvalue weighted by Gasteiger charge is 2.27. The molecule has 1 fully saturated rings. The molecule has 1 saturated heterocycles. The van der Waals surface area contributed by atoms with Crippen LogP contribution in [0.1, 0.15) is 23.2 Å². The zero-order valence-electron chi connectivity index (χ0n) is 11.2. The third-order valence-corrected chi connectivity index (χ3v) is 3.41. The van der Waals surface area contributed by atoms with E-state index in [0.29, 0.717) is 39.1 Å². The lowest BCUT2D eigenvalue weighted by atomic mass is 10.1. The highest BCUT2D eigenvalue weighted by Crippen LogP contribution is 2.24. The maximum absolute atomic E-state index is 13.7. The van der Waals surface area contributed by atoms with Crippen molar-refractivity contribution in [2.45, 2.75) is 18.9 Å². The molecule has 0 aromatic heterocycles. The van der Waals surface area contributed by atoms with E-state index < -0.39 is 11.7 Å². The number of nitrogens with two attached hydrogens (primary N) is 1. The monoisotopic (exact) mass is 282 g/mol. The lowest BCUT2D eigenvalue weighted by Gasteiger charge is -2.32. The highest BCUT2D eigenvalue weighted by molar-refractivity contribution is 5.97. The van der Waals surface area contributed by atoms with Gasteiger partial charge in [0.2, 0.25) is 0 Å². The molecule has 6 heteroatoms. The van der Waals surface area contributed by atoms with Gasteiger partial charge < -0.3 is 20.5 Å². The summed E-state index contributed by atoms with van der Waals surface area (Å²) in [5.41, 5.74) is 5.12. The van der Waals surface area contributed by atoms with Crippen LogP contribution in [0, 0.1) is 5.82 Å². The Morgan fingerprint density at radius 2 is 2.15 bits per heavy atom. The van der Waals surface area contributed by atoms with Gasteiger partial charge in [-0.25, -0.2) is 4.39 Å². The third-order valence-electron chi connectivity index (χ3n) is 3.41. The zero-order valence-corrected chi connectivity index (χ0v) is 11.2. The summed E-state index contributed by atoms with van der Waals surface area (Å²) in [5, 5.41) is 9.63. The van der Waals surface area contributed by atoms with Crippen molar-refractivity contribution in [2.24, 2.45) is 5.73 Å². The highest BCUT2D eigenvalue weighted by atomic mass is 19.1. The third kappa shape index (κ3) is 3.26. The second-order valence-electron chi connectivity index (χ2n) is 4.78. The van der Waals surface area contributed by atoms with Gasteiger partial charge in [-0.1, -0.05) is 6.07 Å². The van der Waals surface area contributed by atoms with Crippen LogP contribution in [-0.2, 0) is 4.74 Å². The number of rotatable bonds is 4. The van der Waals surface area contributed by atoms with Crippen LogP contribution >= 0.6 is 0 Å². The topological polar surface area (TPSA) is 75.8 Å². The molecular formula is C14H19FN2O3. The normalized spacial score (nSPS) is 16.4. The molecule has 5 nitrogen and oxygen atoms in total. The van der Waals surface area contributed by atoms with Crippen molar-refractivity contribution >= 4 is 5.91 Å². The van der Waals surface area contributed by atoms with Crippen LogP contribution in [-0.4, -0.2) is 48.3 Å². The first-order valence-electron chi connectivity index (χ1n) is 6.72. The van der Waals surface area contributed by atoms with Gasteiger partial charge in [-0.05, 0) is 25.0 Å². The molecule has 3 N–H and O–H groups in total. The van der Waals surface area contributed by atoms with Crippen molar-refractivity contribution in [3.05, 3.63) is 29.6 Å². The van der Waals surface area contributed by atoms with Gasteiger partial charge in [0.05, 0.1) is 12.7 Å². The first-order chi connectivity index (χ1) is 9.63. The number of carbonyl (C=O) groups excluding carboxylic acids is 1. The Kier molecular flexibility index (Phi) is 4.92. The number of aromatic hydroxyl groups is 1. The van der Waals surface area contributed by atoms with Crippen LogP contribution < -0.4 is 5.73 Å². The lowest BCUT2D eigenvalue weighted by Crippen LogP contribution is -2.41. The van der Waals surface area contributed by atoms with E-state index >= 15 is 0 Å². The van der Waals surface area contributed by atoms with E-state index in [1.165, 1.54) is 18.2 Å². The van der Waals surface area contributed by atoms with E-state index in [4.69, 9.17) is 10.5 Å². The number of piperidine rings is 1. The molecule has 2 rings (SSSR count). The van der Waals surface area contributed by atoms with Gasteiger partial charge in [0.25, 0.3) is 5.91 Å². The van der Waals surface area contributed by atoms with Crippen molar-refractivity contribution < 1.29 is 19.0 Å². The Balaban J connectivity index is 1.98. The number of halogens is 1. The summed E-state index contributed by atoms with van der Waals surface area (Å²) in [6, 6.07) is 3.85. The number of phenols is 1. The molecule has 0 radical (unpaired) electrons. The van der Waals surface area contributed by atoms with Gasteiger partial charge in [0.15, 0.2) is 0 Å². The largest absolute Gasteiger partial charge is 0.507 e. The Labute approximate surface area is 117 Å². The second kappa shape index (κ2) is 6.67. The number of hydrogen-bond acceptors (Lipinski definition) is 4. The van der Waals surface area contributed by atoms with Gasteiger partial charge in [0.1, 0.15) is 17.1 Å². The molecule has 1 amide bonds. The Morgan fingerprint density at radius 3 is 2.75 bits per heavy atom. The van der Waals surface area contributed by atoms with Gasteiger partial charge in [-0.15, -0.1) is 0 Å². The van der Waals surface area contributed by atoms with Crippen LogP contribution in [0.25, 0.3) is 0 Å². The molecule has 0 unspecified atom stereocenters. The maximum Gasteiger partial charge on any atom is 0.260 e. The maximum atomic E-state index is 13.7. The Hall–Kier alpha value is -1.66. The fourth-order valence-corrected chi connectivity index (χ4v) is 2.34. The van der Waals surface area contributed by atoms with Crippen LogP contribution in [0.15, 0.2) is 18.2 Å². The van der Waals surface area contributed by atoms with Gasteiger partial charge >= 0.3 is 0 Å². The van der Waals surface area contributed by atoms with Crippen LogP contribution in [0.5, 0.6) is 5.75 Å². The van der Waals surface area contributed by atoms with Crippen LogP contribution in [0.4, 0.5) is 4.39 Å². The molecule has 1 aromatic carbocycles. The summed E-state index contributed by atoms with van der Waals surface area (Å²) in [6.45, 7) is 1.96. The Morgan fingerprint density at radius 1 is 1.45 bits per heavy atom. The van der Waals surface area contributed by atoms with E-state index in [1.807, 2.05) is 0 Å². The van der Waals surface area contributed by atoms with E-state index in [1.54, 1.807) is 4.90 Å². The van der Waals surface area contributed by atoms with E-state index in [0.717, 1.165) is 0 Å². The molecule has 0 aliphatic carbocycles. The van der Waals surface area contributed by atoms with Crippen molar-refractivity contribution in [1.82, 2.24) is 4.90 Å². The fourth-order valence-electron chi connectivity index (χ4n) is 2.34. The summed E-state index contributed by atoms with van der Waals surface area (Å²) in [4.78, 5) is 13.8. The van der Waals surface area contributed by atoms with Gasteiger partial charge in [-0.2, -0.15) is 0 Å². The predicted molar refractivity (Wildman–Crippen MR) is 72.0 cm³/mol. The van der Waals surface area contributed by atoms with E-state index in [2.05, 4.69) is 0 Å². The molecule has 0 bridgehead atoms. The molecule has 1 aliphatic heterocycles. The van der Waals surface area contributed by atoms with Crippen molar-refractivity contribution in [1.29, 1.82) is 0 Å². The molecule has 1 heterocycles. The number of nitrogens with zero attached hydrogens (tertiary/aromatic N) is 1. The first-order valence-corrected chi connectivity index (χ1v) is 6.72. The minimum Gasteiger partial charge on any atom is -0.507 e. The standard InChI is InChI=1S/C14H19FN2O3/c15-11-2-1-3-12(18)13(11)14(19)17-7-4-10(5-8-17)20-9-6-16/h1-3,10,18H,4-9,16H2. The van der Waals surface area contributed by atoms with Gasteiger partial charge in [0, 0.05) is 19.6 Å². The number of benzene rings is 1. The Bertz CT molecular complexity index is 453. The fraction of sp³-hybridized carbons (Fsp3) is 0.500. The minimum atomic E-state index is -0.698. The molecular weight excluding hydrogens is 263 g/mol. The van der Waals surface area contributed by atoms with Gasteiger partial charge in [-0.3, -0.25) is 4.79 Å². The summed E-state index contributed by atoms with van der Waals surface area (Å²) in [6.07, 6.45) is 1.49. The number of carbonyl (C=O) groups is 1. The molecule has 1 aliphatic rings. The average Bonchev–Trinajstić information content (AvgIpc) is 2.45. The summed E-state index contributed by atoms with van der Waals surface area (Å²) >= 11 is 0. The average molecular weight is 282 g/mol. The summed E-state index contributed by atoms with van der Waals surface area (Å²) in [5.74, 6) is -1.49. The number of hydrogen-bond donors (Lipinski definition) is 2. The molecule has 1 aromatic rings. The number of phenolic OH excluding ortho intramolecular Hbond substituents is 1. The number of likely N-dealkylation sites (tertiary alicyclic amines) is 1. The molecule has 0 atom stereocenters. The minimum absolute atomic E-state index is 0.0943. The van der Waals surface area contributed by atoms with Crippen LogP contribution in [0.3, 0.4) is 0 Å².